The number of aryl methyl sites for hydroxylation is 1. The van der Waals surface area contributed by atoms with Gasteiger partial charge in [-0.05, 0) is 36.1 Å². The molecule has 2 aromatic heterocycles. The van der Waals surface area contributed by atoms with Gasteiger partial charge >= 0.3 is 0 Å². The number of nitrogens with zero attached hydrogens (tertiary/aromatic N) is 1. The van der Waals surface area contributed by atoms with Crippen LogP contribution in [0, 0.1) is 6.92 Å². The Morgan fingerprint density at radius 3 is 2.44 bits per heavy atom. The molecule has 2 amide bonds. The summed E-state index contributed by atoms with van der Waals surface area (Å²) in [6, 6.07) is 11.0. The van der Waals surface area contributed by atoms with Gasteiger partial charge in [-0.1, -0.05) is 18.2 Å². The molecule has 0 radical (unpaired) electrons. The van der Waals surface area contributed by atoms with Gasteiger partial charge in [0.25, 0.3) is 0 Å². The molecule has 0 aliphatic carbocycles. The molecule has 0 fully saturated rings. The van der Waals surface area contributed by atoms with Gasteiger partial charge in [0.2, 0.25) is 17.7 Å². The van der Waals surface area contributed by atoms with E-state index in [0.29, 0.717) is 17.3 Å². The molecule has 3 rings (SSSR count). The first-order valence-electron chi connectivity index (χ1n) is 8.26. The second-order valence-corrected chi connectivity index (χ2v) is 6.74. The normalized spacial score (nSPS) is 10.4. The quantitative estimate of drug-likeness (QED) is 0.636. The van der Waals surface area contributed by atoms with Crippen LogP contribution < -0.4 is 15.6 Å². The van der Waals surface area contributed by atoms with Crippen LogP contribution in [0.1, 0.15) is 17.0 Å². The minimum absolute atomic E-state index is 0.0174. The summed E-state index contributed by atoms with van der Waals surface area (Å²) < 4.78 is 10.7. The van der Waals surface area contributed by atoms with Crippen molar-refractivity contribution < 1.29 is 18.7 Å². The predicted octanol–water partition coefficient (Wildman–Crippen LogP) is 2.65. The molecule has 7 nitrogen and oxygen atoms in total. The molecular weight excluding hydrogens is 366 g/mol. The van der Waals surface area contributed by atoms with Crippen molar-refractivity contribution in [2.24, 2.45) is 0 Å². The summed E-state index contributed by atoms with van der Waals surface area (Å²) in [5.41, 5.74) is 6.17. The predicted molar refractivity (Wildman–Crippen MR) is 101 cm³/mol. The number of aromatic nitrogens is 1. The zero-order valence-corrected chi connectivity index (χ0v) is 15.8. The van der Waals surface area contributed by atoms with E-state index in [0.717, 1.165) is 16.2 Å². The Morgan fingerprint density at radius 1 is 1.11 bits per heavy atom. The highest BCUT2D eigenvalue weighted by atomic mass is 32.1. The van der Waals surface area contributed by atoms with Crippen LogP contribution >= 0.6 is 11.3 Å². The van der Waals surface area contributed by atoms with Gasteiger partial charge in [-0.25, -0.2) is 4.98 Å². The third kappa shape index (κ3) is 4.95. The van der Waals surface area contributed by atoms with Gasteiger partial charge in [0.15, 0.2) is 0 Å². The third-order valence-corrected chi connectivity index (χ3v) is 4.68. The number of thiophene rings is 1. The Kier molecular flexibility index (Phi) is 5.87. The molecule has 0 bridgehead atoms. The zero-order valence-electron chi connectivity index (χ0n) is 14.9. The van der Waals surface area contributed by atoms with Crippen LogP contribution in [0.3, 0.4) is 0 Å². The van der Waals surface area contributed by atoms with Crippen LogP contribution in [0.5, 0.6) is 5.75 Å². The number of methoxy groups -OCH3 is 1. The third-order valence-electron chi connectivity index (χ3n) is 3.82. The van der Waals surface area contributed by atoms with Crippen molar-refractivity contribution in [1.29, 1.82) is 0 Å². The van der Waals surface area contributed by atoms with Crippen molar-refractivity contribution in [3.63, 3.8) is 0 Å². The van der Waals surface area contributed by atoms with Crippen LogP contribution in [-0.2, 0) is 22.4 Å². The highest BCUT2D eigenvalue weighted by Gasteiger charge is 2.15. The lowest BCUT2D eigenvalue weighted by Crippen LogP contribution is -2.43. The van der Waals surface area contributed by atoms with Crippen LogP contribution in [0.15, 0.2) is 46.2 Å². The van der Waals surface area contributed by atoms with E-state index in [4.69, 9.17) is 9.15 Å². The number of hydrogen-bond acceptors (Lipinski definition) is 6. The second kappa shape index (κ2) is 8.50. The Hall–Kier alpha value is -3.13. The monoisotopic (exact) mass is 385 g/mol. The summed E-state index contributed by atoms with van der Waals surface area (Å²) >= 11 is 1.51. The first-order valence-corrected chi connectivity index (χ1v) is 9.14. The Balaban J connectivity index is 1.50. The number of nitrogens with one attached hydrogen (secondary N) is 2. The Labute approximate surface area is 160 Å². The van der Waals surface area contributed by atoms with Gasteiger partial charge in [-0.3, -0.25) is 20.4 Å². The number of oxazole rings is 1. The summed E-state index contributed by atoms with van der Waals surface area (Å²) in [6.45, 7) is 1.76. The molecule has 0 aliphatic heterocycles. The minimum atomic E-state index is -0.368. The molecule has 0 atom stereocenters. The van der Waals surface area contributed by atoms with Crippen LogP contribution in [0.25, 0.3) is 10.8 Å². The summed E-state index contributed by atoms with van der Waals surface area (Å²) in [5, 5.41) is 1.93. The van der Waals surface area contributed by atoms with E-state index >= 15 is 0 Å². The number of carbonyl (C=O) groups is 2. The maximum absolute atomic E-state index is 12.1. The largest absolute Gasteiger partial charge is 0.497 e. The highest BCUT2D eigenvalue weighted by Crippen LogP contribution is 2.25. The van der Waals surface area contributed by atoms with Crippen molar-refractivity contribution in [2.75, 3.05) is 7.11 Å². The molecular formula is C19H19N3O4S. The number of hydrogen-bond donors (Lipinski definition) is 2. The van der Waals surface area contributed by atoms with E-state index in [1.54, 1.807) is 38.3 Å². The summed E-state index contributed by atoms with van der Waals surface area (Å²) in [6.07, 6.45) is 0.166. The van der Waals surface area contributed by atoms with Crippen molar-refractivity contribution in [2.45, 2.75) is 19.8 Å². The molecule has 0 saturated heterocycles. The number of rotatable bonds is 6. The smallest absolute Gasteiger partial charge is 0.244 e. The SMILES string of the molecule is COc1ccc(CC(=O)NNC(=O)Cc2nc(-c3cccs3)oc2C)cc1. The van der Waals surface area contributed by atoms with E-state index in [1.165, 1.54) is 11.3 Å². The standard InChI is InChI=1S/C19H19N3O4S/c1-12-15(20-19(26-12)16-4-3-9-27-16)11-18(24)22-21-17(23)10-13-5-7-14(25-2)8-6-13/h3-9H,10-11H2,1-2H3,(H,21,23)(H,22,24). The van der Waals surface area contributed by atoms with E-state index in [-0.39, 0.29) is 24.7 Å². The van der Waals surface area contributed by atoms with Crippen molar-refractivity contribution >= 4 is 23.2 Å². The molecule has 8 heteroatoms. The molecule has 0 saturated carbocycles. The second-order valence-electron chi connectivity index (χ2n) is 5.80. The lowest BCUT2D eigenvalue weighted by Gasteiger charge is -2.07. The van der Waals surface area contributed by atoms with Gasteiger partial charge in [0.1, 0.15) is 11.5 Å². The van der Waals surface area contributed by atoms with Gasteiger partial charge in [-0.15, -0.1) is 11.3 Å². The molecule has 2 heterocycles. The number of carbonyl (C=O) groups excluding carboxylic acids is 2. The van der Waals surface area contributed by atoms with Gasteiger partial charge < -0.3 is 9.15 Å². The molecule has 140 valence electrons. The molecule has 27 heavy (non-hydrogen) atoms. The number of ether oxygens (including phenoxy) is 1. The topological polar surface area (TPSA) is 93.5 Å². The fraction of sp³-hybridized carbons (Fsp3) is 0.211. The molecule has 0 aliphatic rings. The van der Waals surface area contributed by atoms with Crippen molar-refractivity contribution in [3.8, 4) is 16.5 Å². The number of benzene rings is 1. The van der Waals surface area contributed by atoms with E-state index in [1.807, 2.05) is 17.5 Å². The summed E-state index contributed by atoms with van der Waals surface area (Å²) in [7, 11) is 1.58. The molecule has 2 N–H and O–H groups in total. The van der Waals surface area contributed by atoms with Gasteiger partial charge in [0, 0.05) is 0 Å². The van der Waals surface area contributed by atoms with Gasteiger partial charge in [-0.2, -0.15) is 0 Å². The Morgan fingerprint density at radius 2 is 1.81 bits per heavy atom. The highest BCUT2D eigenvalue weighted by molar-refractivity contribution is 7.13. The van der Waals surface area contributed by atoms with E-state index in [2.05, 4.69) is 15.8 Å². The maximum Gasteiger partial charge on any atom is 0.244 e. The van der Waals surface area contributed by atoms with E-state index < -0.39 is 0 Å². The zero-order chi connectivity index (χ0) is 19.2. The lowest BCUT2D eigenvalue weighted by atomic mass is 10.1. The van der Waals surface area contributed by atoms with Crippen molar-refractivity contribution in [3.05, 3.63) is 58.8 Å². The molecule has 0 unspecified atom stereocenters. The lowest BCUT2D eigenvalue weighted by molar-refractivity contribution is -0.128. The number of amides is 2. The van der Waals surface area contributed by atoms with Crippen molar-refractivity contribution in [1.82, 2.24) is 15.8 Å². The summed E-state index contributed by atoms with van der Waals surface area (Å²) in [4.78, 5) is 29.3. The number of hydrazine groups is 1. The fourth-order valence-corrected chi connectivity index (χ4v) is 3.06. The van der Waals surface area contributed by atoms with Crippen LogP contribution in [-0.4, -0.2) is 23.9 Å². The minimum Gasteiger partial charge on any atom is -0.497 e. The summed E-state index contributed by atoms with van der Waals surface area (Å²) in [5.74, 6) is 1.11. The molecule has 3 aromatic rings. The van der Waals surface area contributed by atoms with Gasteiger partial charge in [0.05, 0.1) is 30.5 Å². The first kappa shape index (κ1) is 18.7. The van der Waals surface area contributed by atoms with Crippen LogP contribution in [0.2, 0.25) is 0 Å². The van der Waals surface area contributed by atoms with Crippen LogP contribution in [0.4, 0.5) is 0 Å². The molecule has 0 spiro atoms. The Bertz CT molecular complexity index is 917. The van der Waals surface area contributed by atoms with E-state index in [9.17, 15) is 9.59 Å². The molecule has 1 aromatic carbocycles. The first-order chi connectivity index (χ1) is 13.0. The fourth-order valence-electron chi connectivity index (χ4n) is 2.41. The average molecular weight is 385 g/mol. The average Bonchev–Trinajstić information content (AvgIpc) is 3.31. The maximum atomic E-state index is 12.1.